The second-order valence-electron chi connectivity index (χ2n) is 6.63. The van der Waals surface area contributed by atoms with Gasteiger partial charge in [-0.3, -0.25) is 4.79 Å². The van der Waals surface area contributed by atoms with Gasteiger partial charge in [0.05, 0.1) is 0 Å². The average molecular weight is 281 g/mol. The number of rotatable bonds is 7. The molecule has 1 amide bonds. The van der Waals surface area contributed by atoms with Gasteiger partial charge in [-0.2, -0.15) is 0 Å². The highest BCUT2D eigenvalue weighted by molar-refractivity contribution is 5.75. The van der Waals surface area contributed by atoms with Gasteiger partial charge in [0.15, 0.2) is 0 Å². The molecule has 2 rings (SSSR count). The highest BCUT2D eigenvalue weighted by atomic mass is 16.1. The number of nitrogens with zero attached hydrogens (tertiary/aromatic N) is 1. The third kappa shape index (κ3) is 5.80. The van der Waals surface area contributed by atoms with Crippen molar-refractivity contribution in [3.63, 3.8) is 0 Å². The standard InChI is InChI=1S/C16H31N3O/c1-14-6-11-19(12-7-14)10-2-8-18-16(20)4-3-15-5-9-17-13-15/h14-15,17H,2-13H2,1H3,(H,18,20). The fourth-order valence-corrected chi connectivity index (χ4v) is 3.20. The molecule has 0 aliphatic carbocycles. The monoisotopic (exact) mass is 281 g/mol. The van der Waals surface area contributed by atoms with Gasteiger partial charge in [0.1, 0.15) is 0 Å². The van der Waals surface area contributed by atoms with Gasteiger partial charge in [0.2, 0.25) is 5.91 Å². The first-order valence-electron chi connectivity index (χ1n) is 8.44. The van der Waals surface area contributed by atoms with Crippen molar-refractivity contribution in [3.8, 4) is 0 Å². The number of hydrogen-bond donors (Lipinski definition) is 2. The van der Waals surface area contributed by atoms with Crippen molar-refractivity contribution in [2.45, 2.75) is 45.4 Å². The van der Waals surface area contributed by atoms with Crippen molar-refractivity contribution in [1.29, 1.82) is 0 Å². The molecule has 0 radical (unpaired) electrons. The lowest BCUT2D eigenvalue weighted by atomic mass is 9.99. The number of piperidine rings is 1. The number of amides is 1. The summed E-state index contributed by atoms with van der Waals surface area (Å²) in [7, 11) is 0. The van der Waals surface area contributed by atoms with Gasteiger partial charge in [-0.15, -0.1) is 0 Å². The zero-order valence-electron chi connectivity index (χ0n) is 13.0. The summed E-state index contributed by atoms with van der Waals surface area (Å²) in [5.41, 5.74) is 0. The maximum absolute atomic E-state index is 11.7. The van der Waals surface area contributed by atoms with Crippen molar-refractivity contribution >= 4 is 5.91 Å². The number of carbonyl (C=O) groups is 1. The lowest BCUT2D eigenvalue weighted by Gasteiger charge is -2.30. The molecule has 0 aromatic rings. The van der Waals surface area contributed by atoms with Crippen LogP contribution in [0.25, 0.3) is 0 Å². The summed E-state index contributed by atoms with van der Waals surface area (Å²) in [6.07, 6.45) is 6.74. The smallest absolute Gasteiger partial charge is 0.220 e. The fraction of sp³-hybridized carbons (Fsp3) is 0.938. The van der Waals surface area contributed by atoms with Crippen LogP contribution in [0.15, 0.2) is 0 Å². The Hall–Kier alpha value is -0.610. The molecule has 2 fully saturated rings. The third-order valence-corrected chi connectivity index (χ3v) is 4.79. The normalized spacial score (nSPS) is 24.9. The summed E-state index contributed by atoms with van der Waals surface area (Å²) in [5.74, 6) is 1.86. The molecule has 2 saturated heterocycles. The summed E-state index contributed by atoms with van der Waals surface area (Å²) >= 11 is 0. The molecule has 116 valence electrons. The second-order valence-corrected chi connectivity index (χ2v) is 6.63. The van der Waals surface area contributed by atoms with Crippen LogP contribution < -0.4 is 10.6 Å². The lowest BCUT2D eigenvalue weighted by Crippen LogP contribution is -2.35. The van der Waals surface area contributed by atoms with Crippen LogP contribution in [0.1, 0.15) is 45.4 Å². The van der Waals surface area contributed by atoms with E-state index in [0.717, 1.165) is 50.9 Å². The van der Waals surface area contributed by atoms with E-state index in [-0.39, 0.29) is 5.91 Å². The molecular formula is C16H31N3O. The van der Waals surface area contributed by atoms with E-state index in [0.29, 0.717) is 6.42 Å². The molecule has 0 aromatic heterocycles. The topological polar surface area (TPSA) is 44.4 Å². The van der Waals surface area contributed by atoms with Crippen molar-refractivity contribution in [2.75, 3.05) is 39.3 Å². The first-order valence-corrected chi connectivity index (χ1v) is 8.44. The van der Waals surface area contributed by atoms with Gasteiger partial charge in [0.25, 0.3) is 0 Å². The average Bonchev–Trinajstić information content (AvgIpc) is 2.96. The highest BCUT2D eigenvalue weighted by Gasteiger charge is 2.16. The molecule has 2 N–H and O–H groups in total. The summed E-state index contributed by atoms with van der Waals surface area (Å²) in [6.45, 7) is 9.03. The Labute approximate surface area is 123 Å². The molecule has 0 saturated carbocycles. The highest BCUT2D eigenvalue weighted by Crippen LogP contribution is 2.16. The molecule has 2 aliphatic heterocycles. The predicted molar refractivity (Wildman–Crippen MR) is 82.7 cm³/mol. The Bertz CT molecular complexity index is 281. The summed E-state index contributed by atoms with van der Waals surface area (Å²) in [5, 5.41) is 6.42. The molecule has 0 spiro atoms. The molecule has 2 heterocycles. The van der Waals surface area contributed by atoms with Gasteiger partial charge < -0.3 is 15.5 Å². The lowest BCUT2D eigenvalue weighted by molar-refractivity contribution is -0.121. The molecule has 0 aromatic carbocycles. The minimum atomic E-state index is 0.240. The zero-order chi connectivity index (χ0) is 14.2. The Morgan fingerprint density at radius 2 is 2.10 bits per heavy atom. The predicted octanol–water partition coefficient (Wildman–Crippen LogP) is 1.61. The van der Waals surface area contributed by atoms with Crippen LogP contribution in [0.2, 0.25) is 0 Å². The van der Waals surface area contributed by atoms with Crippen molar-refractivity contribution < 1.29 is 4.79 Å². The van der Waals surface area contributed by atoms with E-state index in [2.05, 4.69) is 22.5 Å². The first-order chi connectivity index (χ1) is 9.74. The molecule has 4 nitrogen and oxygen atoms in total. The third-order valence-electron chi connectivity index (χ3n) is 4.79. The quantitative estimate of drug-likeness (QED) is 0.697. The maximum atomic E-state index is 11.7. The van der Waals surface area contributed by atoms with Crippen LogP contribution >= 0.6 is 0 Å². The molecule has 2 aliphatic rings. The van der Waals surface area contributed by atoms with E-state index in [1.54, 1.807) is 0 Å². The summed E-state index contributed by atoms with van der Waals surface area (Å²) in [6, 6.07) is 0. The molecule has 0 bridgehead atoms. The fourth-order valence-electron chi connectivity index (χ4n) is 3.20. The largest absolute Gasteiger partial charge is 0.356 e. The van der Waals surface area contributed by atoms with Gasteiger partial charge in [-0.05, 0) is 76.7 Å². The SMILES string of the molecule is CC1CCN(CCCNC(=O)CCC2CCNC2)CC1. The van der Waals surface area contributed by atoms with Crippen molar-refractivity contribution in [1.82, 2.24) is 15.5 Å². The van der Waals surface area contributed by atoms with Gasteiger partial charge >= 0.3 is 0 Å². The van der Waals surface area contributed by atoms with Crippen LogP contribution in [0.3, 0.4) is 0 Å². The Kier molecular flexibility index (Phi) is 6.80. The zero-order valence-corrected chi connectivity index (χ0v) is 13.0. The number of nitrogens with one attached hydrogen (secondary N) is 2. The number of hydrogen-bond acceptors (Lipinski definition) is 3. The molecule has 4 heteroatoms. The van der Waals surface area contributed by atoms with E-state index < -0.39 is 0 Å². The van der Waals surface area contributed by atoms with Gasteiger partial charge in [-0.25, -0.2) is 0 Å². The minimum absolute atomic E-state index is 0.240. The van der Waals surface area contributed by atoms with Crippen LogP contribution in [0.4, 0.5) is 0 Å². The second kappa shape index (κ2) is 8.63. The van der Waals surface area contributed by atoms with E-state index in [1.165, 1.54) is 32.4 Å². The maximum Gasteiger partial charge on any atom is 0.220 e. The van der Waals surface area contributed by atoms with Crippen molar-refractivity contribution in [3.05, 3.63) is 0 Å². The summed E-state index contributed by atoms with van der Waals surface area (Å²) in [4.78, 5) is 14.3. The molecule has 1 atom stereocenters. The van der Waals surface area contributed by atoms with Crippen LogP contribution in [-0.2, 0) is 4.79 Å². The number of carbonyl (C=O) groups excluding carboxylic acids is 1. The van der Waals surface area contributed by atoms with E-state index in [1.807, 2.05) is 0 Å². The van der Waals surface area contributed by atoms with E-state index in [4.69, 9.17) is 0 Å². The number of likely N-dealkylation sites (tertiary alicyclic amines) is 1. The van der Waals surface area contributed by atoms with E-state index in [9.17, 15) is 4.79 Å². The van der Waals surface area contributed by atoms with Crippen LogP contribution in [0, 0.1) is 11.8 Å². The van der Waals surface area contributed by atoms with Crippen molar-refractivity contribution in [2.24, 2.45) is 11.8 Å². The van der Waals surface area contributed by atoms with Gasteiger partial charge in [0, 0.05) is 13.0 Å². The first kappa shape index (κ1) is 15.8. The molecular weight excluding hydrogens is 250 g/mol. The Morgan fingerprint density at radius 1 is 1.30 bits per heavy atom. The van der Waals surface area contributed by atoms with E-state index >= 15 is 0 Å². The molecule has 20 heavy (non-hydrogen) atoms. The Morgan fingerprint density at radius 3 is 2.80 bits per heavy atom. The Balaban J connectivity index is 1.44. The van der Waals surface area contributed by atoms with Crippen LogP contribution in [-0.4, -0.2) is 50.1 Å². The van der Waals surface area contributed by atoms with Gasteiger partial charge in [-0.1, -0.05) is 6.92 Å². The molecule has 1 unspecified atom stereocenters. The van der Waals surface area contributed by atoms with Crippen LogP contribution in [0.5, 0.6) is 0 Å². The minimum Gasteiger partial charge on any atom is -0.356 e. The summed E-state index contributed by atoms with van der Waals surface area (Å²) < 4.78 is 0.